The number of benzene rings is 1. The van der Waals surface area contributed by atoms with Crippen molar-refractivity contribution in [2.75, 3.05) is 33.9 Å². The van der Waals surface area contributed by atoms with Crippen LogP contribution in [0.3, 0.4) is 0 Å². The van der Waals surface area contributed by atoms with Gasteiger partial charge in [0, 0.05) is 45.2 Å². The van der Waals surface area contributed by atoms with Crippen molar-refractivity contribution >= 4 is 5.91 Å². The molecule has 0 N–H and O–H groups in total. The number of rotatable bonds is 7. The van der Waals surface area contributed by atoms with Gasteiger partial charge in [-0.2, -0.15) is 0 Å². The van der Waals surface area contributed by atoms with Gasteiger partial charge in [-0.15, -0.1) is 0 Å². The lowest BCUT2D eigenvalue weighted by atomic mass is 9.79. The van der Waals surface area contributed by atoms with Gasteiger partial charge in [-0.25, -0.2) is 0 Å². The second-order valence-corrected chi connectivity index (χ2v) is 8.12. The molecule has 2 fully saturated rings. The second-order valence-electron chi connectivity index (χ2n) is 8.12. The summed E-state index contributed by atoms with van der Waals surface area (Å²) in [5.41, 5.74) is 1.18. The minimum Gasteiger partial charge on any atom is -0.497 e. The highest BCUT2D eigenvalue weighted by Crippen LogP contribution is 2.35. The molecule has 3 rings (SSSR count). The third-order valence-electron chi connectivity index (χ3n) is 6.28. The molecule has 5 heteroatoms. The molecular weight excluding hydrogens is 340 g/mol. The van der Waals surface area contributed by atoms with E-state index < -0.39 is 0 Å². The molecule has 150 valence electrons. The van der Waals surface area contributed by atoms with E-state index in [0.29, 0.717) is 30.5 Å². The fourth-order valence-electron chi connectivity index (χ4n) is 4.55. The molecular formula is C22H34N2O3. The number of carbonyl (C=O) groups excluding carboxylic acids is 1. The van der Waals surface area contributed by atoms with E-state index in [0.717, 1.165) is 44.6 Å². The maximum atomic E-state index is 12.6. The van der Waals surface area contributed by atoms with E-state index >= 15 is 0 Å². The van der Waals surface area contributed by atoms with Crippen molar-refractivity contribution in [2.24, 2.45) is 5.92 Å². The standard InChI is InChI=1S/C22H34N2O3/c1-16(2)24-15-20(27-4)22(24)18-11-13-23(14-12-18)21(25)10-7-17-5-8-19(26-3)9-6-17/h5-6,8-9,16,18,20,22H,7,10-15H2,1-4H3/t20-,22-/m0/s1. The molecule has 2 atom stereocenters. The molecule has 0 saturated carbocycles. The van der Waals surface area contributed by atoms with Crippen LogP contribution in [-0.2, 0) is 16.0 Å². The molecule has 0 aliphatic carbocycles. The molecule has 2 heterocycles. The molecule has 2 saturated heterocycles. The van der Waals surface area contributed by atoms with Crippen LogP contribution in [0.25, 0.3) is 0 Å². The maximum absolute atomic E-state index is 12.6. The molecule has 27 heavy (non-hydrogen) atoms. The minimum atomic E-state index is 0.280. The largest absolute Gasteiger partial charge is 0.497 e. The van der Waals surface area contributed by atoms with Crippen molar-refractivity contribution in [2.45, 2.75) is 57.7 Å². The molecule has 1 aromatic carbocycles. The Kier molecular flexibility index (Phi) is 6.77. The summed E-state index contributed by atoms with van der Waals surface area (Å²) in [6.45, 7) is 7.32. The van der Waals surface area contributed by atoms with Crippen LogP contribution < -0.4 is 4.74 Å². The van der Waals surface area contributed by atoms with Crippen molar-refractivity contribution in [3.05, 3.63) is 29.8 Å². The highest BCUT2D eigenvalue weighted by molar-refractivity contribution is 5.76. The number of carbonyl (C=O) groups is 1. The van der Waals surface area contributed by atoms with Gasteiger partial charge in [-0.1, -0.05) is 12.1 Å². The highest BCUT2D eigenvalue weighted by Gasteiger charge is 2.45. The van der Waals surface area contributed by atoms with Crippen molar-refractivity contribution in [1.82, 2.24) is 9.80 Å². The van der Waals surface area contributed by atoms with Gasteiger partial charge >= 0.3 is 0 Å². The Balaban J connectivity index is 1.46. The zero-order chi connectivity index (χ0) is 19.4. The first-order valence-corrected chi connectivity index (χ1v) is 10.2. The van der Waals surface area contributed by atoms with Crippen LogP contribution in [0.1, 0.15) is 38.7 Å². The predicted molar refractivity (Wildman–Crippen MR) is 107 cm³/mol. The number of amides is 1. The average molecular weight is 375 g/mol. The average Bonchev–Trinajstić information content (AvgIpc) is 2.66. The van der Waals surface area contributed by atoms with E-state index in [4.69, 9.17) is 9.47 Å². The molecule has 2 aliphatic heterocycles. The van der Waals surface area contributed by atoms with Gasteiger partial charge in [0.1, 0.15) is 5.75 Å². The molecule has 1 amide bonds. The summed E-state index contributed by atoms with van der Waals surface area (Å²) in [6, 6.07) is 9.07. The lowest BCUT2D eigenvalue weighted by Gasteiger charge is -2.54. The molecule has 0 spiro atoms. The fraction of sp³-hybridized carbons (Fsp3) is 0.682. The van der Waals surface area contributed by atoms with Crippen LogP contribution in [-0.4, -0.2) is 67.7 Å². The van der Waals surface area contributed by atoms with E-state index in [9.17, 15) is 4.79 Å². The number of ether oxygens (including phenoxy) is 2. The van der Waals surface area contributed by atoms with Crippen LogP contribution in [0.15, 0.2) is 24.3 Å². The second kappa shape index (κ2) is 9.07. The van der Waals surface area contributed by atoms with Crippen LogP contribution >= 0.6 is 0 Å². The first kappa shape index (κ1) is 20.2. The van der Waals surface area contributed by atoms with E-state index in [2.05, 4.69) is 23.6 Å². The van der Waals surface area contributed by atoms with Crippen LogP contribution in [0.5, 0.6) is 5.75 Å². The van der Waals surface area contributed by atoms with Crippen LogP contribution in [0.2, 0.25) is 0 Å². The normalized spacial score (nSPS) is 24.1. The molecule has 0 radical (unpaired) electrons. The van der Waals surface area contributed by atoms with Gasteiger partial charge < -0.3 is 14.4 Å². The molecule has 0 unspecified atom stereocenters. The van der Waals surface area contributed by atoms with Gasteiger partial charge in [-0.3, -0.25) is 9.69 Å². The zero-order valence-electron chi connectivity index (χ0n) is 17.2. The SMILES string of the molecule is COc1ccc(CCC(=O)N2CCC([C@H]3[C@@H](OC)CN3C(C)C)CC2)cc1. The third kappa shape index (κ3) is 4.64. The minimum absolute atomic E-state index is 0.280. The lowest BCUT2D eigenvalue weighted by Crippen LogP contribution is -2.66. The third-order valence-corrected chi connectivity index (χ3v) is 6.28. The first-order valence-electron chi connectivity index (χ1n) is 10.2. The van der Waals surface area contributed by atoms with Gasteiger partial charge in [0.25, 0.3) is 0 Å². The maximum Gasteiger partial charge on any atom is 0.222 e. The van der Waals surface area contributed by atoms with Crippen molar-refractivity contribution in [1.29, 1.82) is 0 Å². The Morgan fingerprint density at radius 1 is 1.15 bits per heavy atom. The molecule has 2 aliphatic rings. The molecule has 5 nitrogen and oxygen atoms in total. The number of aryl methyl sites for hydroxylation is 1. The number of likely N-dealkylation sites (tertiary alicyclic amines) is 2. The van der Waals surface area contributed by atoms with Crippen molar-refractivity contribution < 1.29 is 14.3 Å². The number of nitrogens with zero attached hydrogens (tertiary/aromatic N) is 2. The summed E-state index contributed by atoms with van der Waals surface area (Å²) in [5.74, 6) is 1.77. The fourth-order valence-corrected chi connectivity index (χ4v) is 4.55. The van der Waals surface area contributed by atoms with E-state index in [1.165, 1.54) is 5.56 Å². The van der Waals surface area contributed by atoms with Gasteiger partial charge in [-0.05, 0) is 56.7 Å². The smallest absolute Gasteiger partial charge is 0.222 e. The molecule has 0 aromatic heterocycles. The molecule has 0 bridgehead atoms. The number of methoxy groups -OCH3 is 2. The summed E-state index contributed by atoms with van der Waals surface area (Å²) >= 11 is 0. The lowest BCUT2D eigenvalue weighted by molar-refractivity contribution is -0.140. The van der Waals surface area contributed by atoms with E-state index in [-0.39, 0.29) is 5.91 Å². The Morgan fingerprint density at radius 3 is 2.37 bits per heavy atom. The summed E-state index contributed by atoms with van der Waals surface area (Å²) in [4.78, 5) is 17.2. The topological polar surface area (TPSA) is 42.0 Å². The summed E-state index contributed by atoms with van der Waals surface area (Å²) in [5, 5.41) is 0. The number of piperidine rings is 1. The quantitative estimate of drug-likeness (QED) is 0.736. The number of hydrogen-bond acceptors (Lipinski definition) is 4. The van der Waals surface area contributed by atoms with Gasteiger partial charge in [0.2, 0.25) is 5.91 Å². The van der Waals surface area contributed by atoms with E-state index in [1.54, 1.807) is 7.11 Å². The summed E-state index contributed by atoms with van der Waals surface area (Å²) in [7, 11) is 3.49. The monoisotopic (exact) mass is 374 g/mol. The van der Waals surface area contributed by atoms with E-state index in [1.807, 2.05) is 31.4 Å². The van der Waals surface area contributed by atoms with Gasteiger partial charge in [0.15, 0.2) is 0 Å². The van der Waals surface area contributed by atoms with Crippen LogP contribution in [0, 0.1) is 5.92 Å². The first-order chi connectivity index (χ1) is 13.0. The Labute approximate surface area is 163 Å². The Hall–Kier alpha value is -1.59. The Bertz CT molecular complexity index is 608. The Morgan fingerprint density at radius 2 is 1.81 bits per heavy atom. The molecule has 1 aromatic rings. The van der Waals surface area contributed by atoms with Crippen molar-refractivity contribution in [3.63, 3.8) is 0 Å². The van der Waals surface area contributed by atoms with Crippen LogP contribution in [0.4, 0.5) is 0 Å². The summed E-state index contributed by atoms with van der Waals surface area (Å²) < 4.78 is 10.9. The van der Waals surface area contributed by atoms with Gasteiger partial charge in [0.05, 0.1) is 13.2 Å². The number of hydrogen-bond donors (Lipinski definition) is 0. The summed E-state index contributed by atoms with van der Waals surface area (Å²) in [6.07, 6.45) is 3.90. The van der Waals surface area contributed by atoms with Crippen molar-refractivity contribution in [3.8, 4) is 5.75 Å². The predicted octanol–water partition coefficient (Wildman–Crippen LogP) is 2.97. The zero-order valence-corrected chi connectivity index (χ0v) is 17.2. The highest BCUT2D eigenvalue weighted by atomic mass is 16.5.